The Morgan fingerprint density at radius 2 is 1.88 bits per heavy atom. The first kappa shape index (κ1) is 23.4. The molecule has 0 saturated heterocycles. The van der Waals surface area contributed by atoms with Crippen LogP contribution in [0, 0.1) is 6.92 Å². The number of hydrogen-bond donors (Lipinski definition) is 1. The van der Waals surface area contributed by atoms with Gasteiger partial charge in [-0.25, -0.2) is 0 Å². The molecule has 33 heavy (non-hydrogen) atoms. The van der Waals surface area contributed by atoms with E-state index in [1.54, 1.807) is 60.3 Å². The minimum atomic E-state index is -0.540. The summed E-state index contributed by atoms with van der Waals surface area (Å²) >= 11 is 24.6. The first-order valence-corrected chi connectivity index (χ1v) is 11.1. The fraction of sp³-hybridized carbons (Fsp3) is 0.136. The van der Waals surface area contributed by atoms with Crippen molar-refractivity contribution in [1.82, 2.24) is 14.9 Å². The van der Waals surface area contributed by atoms with Gasteiger partial charge >= 0.3 is 0 Å². The molecule has 0 aliphatic rings. The third-order valence-corrected chi connectivity index (χ3v) is 5.88. The molecule has 2 aromatic carbocycles. The molecule has 0 aliphatic heterocycles. The Hall–Kier alpha value is -2.71. The van der Waals surface area contributed by atoms with Gasteiger partial charge in [-0.05, 0) is 36.8 Å². The topological polar surface area (TPSA) is 82.2 Å². The molecule has 0 bridgehead atoms. The number of carbonyl (C=O) groups excluding carboxylic acids is 1. The quantitative estimate of drug-likeness (QED) is 0.291. The summed E-state index contributed by atoms with van der Waals surface area (Å²) in [7, 11) is 0. The van der Waals surface area contributed by atoms with Crippen LogP contribution >= 0.6 is 46.4 Å². The number of hydrogen-bond acceptors (Lipinski definition) is 5. The van der Waals surface area contributed by atoms with Gasteiger partial charge in [0.2, 0.25) is 0 Å². The molecular weight excluding hydrogens is 510 g/mol. The number of para-hydroxylation sites is 1. The van der Waals surface area contributed by atoms with E-state index in [1.807, 2.05) is 0 Å². The summed E-state index contributed by atoms with van der Waals surface area (Å²) in [6.07, 6.45) is 1.58. The lowest BCUT2D eigenvalue weighted by atomic mass is 10.2. The van der Waals surface area contributed by atoms with Crippen LogP contribution < -0.4 is 10.1 Å². The fourth-order valence-corrected chi connectivity index (χ4v) is 3.86. The van der Waals surface area contributed by atoms with Crippen LogP contribution in [0.15, 0.2) is 53.2 Å². The van der Waals surface area contributed by atoms with Gasteiger partial charge in [0.15, 0.2) is 11.5 Å². The Morgan fingerprint density at radius 3 is 2.64 bits per heavy atom. The predicted octanol–water partition coefficient (Wildman–Crippen LogP) is 6.67. The Labute approximate surface area is 209 Å². The van der Waals surface area contributed by atoms with Crippen molar-refractivity contribution in [2.75, 3.05) is 5.32 Å². The van der Waals surface area contributed by atoms with Crippen molar-refractivity contribution in [2.45, 2.75) is 20.1 Å². The van der Waals surface area contributed by atoms with Crippen molar-refractivity contribution < 1.29 is 14.1 Å². The van der Waals surface area contributed by atoms with Crippen LogP contribution in [-0.4, -0.2) is 20.8 Å². The van der Waals surface area contributed by atoms with E-state index >= 15 is 0 Å². The second-order valence-electron chi connectivity index (χ2n) is 7.00. The highest BCUT2D eigenvalue weighted by Crippen LogP contribution is 2.27. The zero-order valence-corrected chi connectivity index (χ0v) is 20.1. The smallest absolute Gasteiger partial charge is 0.279 e. The summed E-state index contributed by atoms with van der Waals surface area (Å²) in [6, 6.07) is 12.2. The molecule has 2 aromatic heterocycles. The van der Waals surface area contributed by atoms with Gasteiger partial charge in [-0.3, -0.25) is 9.48 Å². The molecule has 0 spiro atoms. The van der Waals surface area contributed by atoms with Crippen molar-refractivity contribution in [3.63, 3.8) is 0 Å². The first-order valence-electron chi connectivity index (χ1n) is 9.62. The van der Waals surface area contributed by atoms with Gasteiger partial charge in [0.1, 0.15) is 23.1 Å². The van der Waals surface area contributed by atoms with Gasteiger partial charge in [0.25, 0.3) is 5.91 Å². The molecule has 1 amide bonds. The number of ether oxygens (including phenoxy) is 1. The van der Waals surface area contributed by atoms with Gasteiger partial charge in [-0.15, -0.1) is 0 Å². The minimum absolute atomic E-state index is 0.0407. The van der Waals surface area contributed by atoms with E-state index < -0.39 is 5.91 Å². The Bertz CT molecular complexity index is 1320. The molecule has 0 unspecified atom stereocenters. The molecule has 0 atom stereocenters. The van der Waals surface area contributed by atoms with Gasteiger partial charge < -0.3 is 14.6 Å². The number of aromatic nitrogens is 3. The highest BCUT2D eigenvalue weighted by atomic mass is 35.5. The lowest BCUT2D eigenvalue weighted by Crippen LogP contribution is -2.16. The molecule has 1 N–H and O–H groups in total. The van der Waals surface area contributed by atoms with Crippen LogP contribution in [0.1, 0.15) is 27.4 Å². The van der Waals surface area contributed by atoms with Crippen LogP contribution in [0.4, 0.5) is 5.82 Å². The lowest BCUT2D eigenvalue weighted by Gasteiger charge is -2.08. The summed E-state index contributed by atoms with van der Waals surface area (Å²) in [6.45, 7) is 2.07. The average molecular weight is 526 g/mol. The predicted molar refractivity (Wildman–Crippen MR) is 128 cm³/mol. The standard InChI is InChI=1S/C22H16Cl4N4O3/c1-12-15(11-32-19-5-3-2-4-16(19)24)20(29-33-12)22(31)27-21-18(26)10-30(28-21)9-13-6-7-14(23)8-17(13)25/h2-8,10H,9,11H2,1H3,(H,27,28,31). The Kier molecular flexibility index (Phi) is 7.14. The second-order valence-corrected chi connectivity index (χ2v) is 8.66. The highest BCUT2D eigenvalue weighted by Gasteiger charge is 2.22. The molecule has 4 rings (SSSR count). The maximum atomic E-state index is 12.9. The molecule has 2 heterocycles. The van der Waals surface area contributed by atoms with E-state index in [0.717, 1.165) is 5.56 Å². The third-order valence-electron chi connectivity index (χ3n) is 4.70. The van der Waals surface area contributed by atoms with Crippen molar-refractivity contribution in [3.05, 3.63) is 91.3 Å². The largest absolute Gasteiger partial charge is 0.487 e. The summed E-state index contributed by atoms with van der Waals surface area (Å²) in [4.78, 5) is 12.9. The Balaban J connectivity index is 1.48. The van der Waals surface area contributed by atoms with E-state index in [2.05, 4.69) is 15.6 Å². The van der Waals surface area contributed by atoms with Crippen molar-refractivity contribution in [2.24, 2.45) is 0 Å². The van der Waals surface area contributed by atoms with Gasteiger partial charge in [-0.2, -0.15) is 5.10 Å². The number of nitrogens with one attached hydrogen (secondary N) is 1. The number of benzene rings is 2. The highest BCUT2D eigenvalue weighted by molar-refractivity contribution is 6.35. The van der Waals surface area contributed by atoms with Crippen LogP contribution in [0.2, 0.25) is 20.1 Å². The number of halogens is 4. The molecular formula is C22H16Cl4N4O3. The molecule has 7 nitrogen and oxygen atoms in total. The van der Waals surface area contributed by atoms with Crippen LogP contribution in [0.3, 0.4) is 0 Å². The summed E-state index contributed by atoms with van der Waals surface area (Å²) < 4.78 is 12.5. The Morgan fingerprint density at radius 1 is 1.09 bits per heavy atom. The number of anilines is 1. The van der Waals surface area contributed by atoms with Crippen LogP contribution in [0.5, 0.6) is 5.75 Å². The SMILES string of the molecule is Cc1onc(C(=O)Nc2nn(Cc3ccc(Cl)cc3Cl)cc2Cl)c1COc1ccccc1Cl. The number of aryl methyl sites for hydroxylation is 1. The van der Waals surface area contributed by atoms with Gasteiger partial charge in [-0.1, -0.05) is 69.8 Å². The molecule has 0 fully saturated rings. The van der Waals surface area contributed by atoms with E-state index in [4.69, 9.17) is 55.7 Å². The van der Waals surface area contributed by atoms with Crippen molar-refractivity contribution in [3.8, 4) is 5.75 Å². The van der Waals surface area contributed by atoms with Crippen LogP contribution in [-0.2, 0) is 13.2 Å². The number of carbonyl (C=O) groups is 1. The van der Waals surface area contributed by atoms with Crippen molar-refractivity contribution in [1.29, 1.82) is 0 Å². The average Bonchev–Trinajstić information content (AvgIpc) is 3.31. The van der Waals surface area contributed by atoms with Crippen LogP contribution in [0.25, 0.3) is 0 Å². The first-order chi connectivity index (χ1) is 15.8. The van der Waals surface area contributed by atoms with E-state index in [0.29, 0.717) is 38.7 Å². The summed E-state index contributed by atoms with van der Waals surface area (Å²) in [5.74, 6) is 0.557. The van der Waals surface area contributed by atoms with E-state index in [1.165, 1.54) is 0 Å². The summed E-state index contributed by atoms with van der Waals surface area (Å²) in [5, 5.41) is 12.6. The molecule has 170 valence electrons. The number of nitrogens with zero attached hydrogens (tertiary/aromatic N) is 3. The molecule has 0 radical (unpaired) electrons. The monoisotopic (exact) mass is 524 g/mol. The normalized spacial score (nSPS) is 10.9. The zero-order valence-electron chi connectivity index (χ0n) is 17.1. The minimum Gasteiger partial charge on any atom is -0.487 e. The van der Waals surface area contributed by atoms with Gasteiger partial charge in [0.05, 0.1) is 17.1 Å². The number of rotatable bonds is 7. The maximum Gasteiger partial charge on any atom is 0.279 e. The van der Waals surface area contributed by atoms with E-state index in [9.17, 15) is 4.79 Å². The molecule has 4 aromatic rings. The third kappa shape index (κ3) is 5.45. The second kappa shape index (κ2) is 10.1. The molecule has 0 aliphatic carbocycles. The fourth-order valence-electron chi connectivity index (χ4n) is 3.01. The number of amides is 1. The summed E-state index contributed by atoms with van der Waals surface area (Å²) in [5.41, 5.74) is 1.34. The van der Waals surface area contributed by atoms with Gasteiger partial charge in [0, 0.05) is 16.2 Å². The molecule has 11 heteroatoms. The molecule has 0 saturated carbocycles. The zero-order chi connectivity index (χ0) is 23.5. The maximum absolute atomic E-state index is 12.9. The van der Waals surface area contributed by atoms with Crippen molar-refractivity contribution >= 4 is 58.1 Å². The lowest BCUT2D eigenvalue weighted by molar-refractivity contribution is 0.101. The van der Waals surface area contributed by atoms with E-state index in [-0.39, 0.29) is 23.1 Å².